The van der Waals surface area contributed by atoms with Gasteiger partial charge in [-0.2, -0.15) is 4.31 Å². The minimum Gasteiger partial charge on any atom is -0.392 e. The topological polar surface area (TPSA) is 57.6 Å². The minimum absolute atomic E-state index is 0.0541. The van der Waals surface area contributed by atoms with Crippen molar-refractivity contribution < 1.29 is 13.5 Å². The third-order valence-corrected chi connectivity index (χ3v) is 4.71. The molecule has 0 radical (unpaired) electrons. The van der Waals surface area contributed by atoms with Gasteiger partial charge in [0, 0.05) is 6.54 Å². The van der Waals surface area contributed by atoms with Crippen molar-refractivity contribution in [3.05, 3.63) is 29.3 Å². The maximum Gasteiger partial charge on any atom is 0.243 e. The highest BCUT2D eigenvalue weighted by atomic mass is 32.2. The van der Waals surface area contributed by atoms with Crippen molar-refractivity contribution in [3.8, 4) is 12.3 Å². The summed E-state index contributed by atoms with van der Waals surface area (Å²) in [5.74, 6) is 2.37. The SMILES string of the molecule is C#CCN(CCC)S(=O)(=O)c1ccc(C)c(CO)c1. The van der Waals surface area contributed by atoms with Gasteiger partial charge >= 0.3 is 0 Å². The third kappa shape index (κ3) is 3.57. The highest BCUT2D eigenvalue weighted by Gasteiger charge is 2.23. The van der Waals surface area contributed by atoms with Gasteiger partial charge < -0.3 is 5.11 Å². The van der Waals surface area contributed by atoms with Gasteiger partial charge in [0.2, 0.25) is 10.0 Å². The number of hydrogen-bond donors (Lipinski definition) is 1. The molecule has 4 nitrogen and oxygen atoms in total. The Hall–Kier alpha value is -1.35. The second-order valence-electron chi connectivity index (χ2n) is 4.29. The summed E-state index contributed by atoms with van der Waals surface area (Å²) in [6, 6.07) is 4.74. The zero-order valence-electron chi connectivity index (χ0n) is 11.3. The molecule has 0 fully saturated rings. The third-order valence-electron chi connectivity index (χ3n) is 2.87. The molecule has 0 aliphatic rings. The van der Waals surface area contributed by atoms with Crippen LogP contribution in [0.2, 0.25) is 0 Å². The molecule has 104 valence electrons. The van der Waals surface area contributed by atoms with Crippen LogP contribution in [0, 0.1) is 19.3 Å². The van der Waals surface area contributed by atoms with Crippen LogP contribution in [0.1, 0.15) is 24.5 Å². The fourth-order valence-corrected chi connectivity index (χ4v) is 3.26. The maximum absolute atomic E-state index is 12.4. The average molecular weight is 281 g/mol. The summed E-state index contributed by atoms with van der Waals surface area (Å²) in [6.45, 7) is 3.98. The number of terminal acetylenes is 1. The summed E-state index contributed by atoms with van der Waals surface area (Å²) in [7, 11) is -3.59. The highest BCUT2D eigenvalue weighted by Crippen LogP contribution is 2.19. The van der Waals surface area contributed by atoms with Gasteiger partial charge in [-0.05, 0) is 36.6 Å². The molecule has 1 aromatic rings. The monoisotopic (exact) mass is 281 g/mol. The van der Waals surface area contributed by atoms with Crippen LogP contribution in [0.25, 0.3) is 0 Å². The lowest BCUT2D eigenvalue weighted by atomic mass is 10.1. The number of aliphatic hydroxyl groups excluding tert-OH is 1. The molecule has 5 heteroatoms. The van der Waals surface area contributed by atoms with E-state index < -0.39 is 10.0 Å². The Morgan fingerprint density at radius 3 is 2.63 bits per heavy atom. The molecule has 0 unspecified atom stereocenters. The van der Waals surface area contributed by atoms with Crippen LogP contribution in [0.4, 0.5) is 0 Å². The lowest BCUT2D eigenvalue weighted by Crippen LogP contribution is -2.32. The molecule has 0 atom stereocenters. The lowest BCUT2D eigenvalue weighted by Gasteiger charge is -2.19. The van der Waals surface area contributed by atoms with Gasteiger partial charge in [-0.1, -0.05) is 18.9 Å². The first-order chi connectivity index (χ1) is 8.97. The van der Waals surface area contributed by atoms with E-state index in [1.807, 2.05) is 13.8 Å². The quantitative estimate of drug-likeness (QED) is 0.804. The predicted octanol–water partition coefficient (Wildman–Crippen LogP) is 1.52. The van der Waals surface area contributed by atoms with Crippen LogP contribution in [0.15, 0.2) is 23.1 Å². The molecule has 0 amide bonds. The van der Waals surface area contributed by atoms with Crippen molar-refractivity contribution in [3.63, 3.8) is 0 Å². The van der Waals surface area contributed by atoms with Crippen molar-refractivity contribution in [2.24, 2.45) is 0 Å². The fraction of sp³-hybridized carbons (Fsp3) is 0.429. The first-order valence-corrected chi connectivity index (χ1v) is 7.55. The van der Waals surface area contributed by atoms with Crippen molar-refractivity contribution >= 4 is 10.0 Å². The molecule has 0 bridgehead atoms. The van der Waals surface area contributed by atoms with E-state index in [0.717, 1.165) is 5.56 Å². The fourth-order valence-electron chi connectivity index (χ4n) is 1.76. The highest BCUT2D eigenvalue weighted by molar-refractivity contribution is 7.89. The first-order valence-electron chi connectivity index (χ1n) is 6.11. The molecule has 0 aliphatic carbocycles. The summed E-state index contributed by atoms with van der Waals surface area (Å²) in [5, 5.41) is 9.21. The number of hydrogen-bond acceptors (Lipinski definition) is 3. The molecule has 0 saturated heterocycles. The number of aliphatic hydroxyl groups is 1. The lowest BCUT2D eigenvalue weighted by molar-refractivity contribution is 0.280. The van der Waals surface area contributed by atoms with E-state index in [4.69, 9.17) is 6.42 Å². The van der Waals surface area contributed by atoms with Crippen molar-refractivity contribution in [1.29, 1.82) is 0 Å². The Morgan fingerprint density at radius 1 is 1.42 bits per heavy atom. The Morgan fingerprint density at radius 2 is 2.11 bits per heavy atom. The van der Waals surface area contributed by atoms with Crippen molar-refractivity contribution in [1.82, 2.24) is 4.31 Å². The molecule has 1 aromatic carbocycles. The molecule has 0 aromatic heterocycles. The smallest absolute Gasteiger partial charge is 0.243 e. The zero-order chi connectivity index (χ0) is 14.5. The minimum atomic E-state index is -3.59. The summed E-state index contributed by atoms with van der Waals surface area (Å²) in [6.07, 6.45) is 5.91. The number of sulfonamides is 1. The molecular formula is C14H19NO3S. The van der Waals surface area contributed by atoms with Crippen LogP contribution in [0.5, 0.6) is 0 Å². The van der Waals surface area contributed by atoms with E-state index in [0.29, 0.717) is 18.5 Å². The van der Waals surface area contributed by atoms with E-state index in [1.54, 1.807) is 12.1 Å². The van der Waals surface area contributed by atoms with Gasteiger partial charge in [0.05, 0.1) is 18.0 Å². The standard InChI is InChI=1S/C14H19NO3S/c1-4-8-15(9-5-2)19(17,18)14-7-6-12(3)13(10-14)11-16/h1,6-7,10,16H,5,8-9,11H2,2-3H3. The Labute approximate surface area is 115 Å². The van der Waals surface area contributed by atoms with E-state index in [1.165, 1.54) is 10.4 Å². The Kier molecular flexibility index (Phi) is 5.55. The van der Waals surface area contributed by atoms with Gasteiger partial charge in [0.25, 0.3) is 0 Å². The van der Waals surface area contributed by atoms with E-state index in [2.05, 4.69) is 5.92 Å². The molecule has 1 N–H and O–H groups in total. The summed E-state index contributed by atoms with van der Waals surface area (Å²) < 4.78 is 26.2. The summed E-state index contributed by atoms with van der Waals surface area (Å²) >= 11 is 0. The van der Waals surface area contributed by atoms with E-state index in [-0.39, 0.29) is 18.0 Å². The number of benzene rings is 1. The van der Waals surface area contributed by atoms with Crippen LogP contribution >= 0.6 is 0 Å². The largest absolute Gasteiger partial charge is 0.392 e. The second-order valence-corrected chi connectivity index (χ2v) is 6.23. The Bertz CT molecular complexity index is 573. The molecule has 1 rings (SSSR count). The maximum atomic E-state index is 12.4. The molecule has 0 aliphatic heterocycles. The number of rotatable bonds is 6. The predicted molar refractivity (Wildman–Crippen MR) is 75.0 cm³/mol. The molecular weight excluding hydrogens is 262 g/mol. The van der Waals surface area contributed by atoms with Crippen LogP contribution < -0.4 is 0 Å². The summed E-state index contributed by atoms with van der Waals surface area (Å²) in [5.41, 5.74) is 1.47. The Balaban J connectivity index is 3.21. The molecule has 19 heavy (non-hydrogen) atoms. The van der Waals surface area contributed by atoms with E-state index >= 15 is 0 Å². The zero-order valence-corrected chi connectivity index (χ0v) is 12.1. The second kappa shape index (κ2) is 6.71. The van der Waals surface area contributed by atoms with Gasteiger partial charge in [-0.25, -0.2) is 8.42 Å². The van der Waals surface area contributed by atoms with Gasteiger partial charge in [-0.15, -0.1) is 6.42 Å². The van der Waals surface area contributed by atoms with Crippen LogP contribution in [-0.2, 0) is 16.6 Å². The average Bonchev–Trinajstić information content (AvgIpc) is 2.38. The van der Waals surface area contributed by atoms with Gasteiger partial charge in [0.15, 0.2) is 0 Å². The molecule has 0 saturated carbocycles. The summed E-state index contributed by atoms with van der Waals surface area (Å²) in [4.78, 5) is 0.172. The van der Waals surface area contributed by atoms with Gasteiger partial charge in [-0.3, -0.25) is 0 Å². The van der Waals surface area contributed by atoms with Gasteiger partial charge in [0.1, 0.15) is 0 Å². The number of aryl methyl sites for hydroxylation is 1. The first kappa shape index (κ1) is 15.7. The van der Waals surface area contributed by atoms with Crippen LogP contribution in [-0.4, -0.2) is 30.9 Å². The number of nitrogens with zero attached hydrogens (tertiary/aromatic N) is 1. The normalized spacial score (nSPS) is 11.5. The molecule has 0 spiro atoms. The van der Waals surface area contributed by atoms with Crippen molar-refractivity contribution in [2.75, 3.05) is 13.1 Å². The molecule has 0 heterocycles. The van der Waals surface area contributed by atoms with Crippen LogP contribution in [0.3, 0.4) is 0 Å². The van der Waals surface area contributed by atoms with Crippen molar-refractivity contribution in [2.45, 2.75) is 31.8 Å². The van der Waals surface area contributed by atoms with E-state index in [9.17, 15) is 13.5 Å².